The van der Waals surface area contributed by atoms with Gasteiger partial charge in [0.15, 0.2) is 0 Å². The second-order valence-electron chi connectivity index (χ2n) is 7.85. The third-order valence-corrected chi connectivity index (χ3v) is 5.88. The molecule has 1 aliphatic carbocycles. The van der Waals surface area contributed by atoms with E-state index >= 15 is 0 Å². The van der Waals surface area contributed by atoms with Crippen LogP contribution in [0.5, 0.6) is 0 Å². The third kappa shape index (κ3) is 2.58. The van der Waals surface area contributed by atoms with Gasteiger partial charge in [-0.15, -0.1) is 0 Å². The van der Waals surface area contributed by atoms with Crippen LogP contribution < -0.4 is 10.6 Å². The van der Waals surface area contributed by atoms with Crippen molar-refractivity contribution >= 4 is 11.9 Å². The monoisotopic (exact) mass is 393 g/mol. The van der Waals surface area contributed by atoms with E-state index in [9.17, 15) is 18.0 Å². The van der Waals surface area contributed by atoms with E-state index in [4.69, 9.17) is 0 Å². The Morgan fingerprint density at radius 1 is 1.32 bits per heavy atom. The molecule has 1 spiro atoms. The molecule has 7 nitrogen and oxygen atoms in total. The quantitative estimate of drug-likeness (QED) is 0.818. The maximum Gasteiger partial charge on any atom is 0.430 e. The van der Waals surface area contributed by atoms with Crippen LogP contribution in [0.4, 0.5) is 23.8 Å². The Labute approximate surface area is 158 Å². The van der Waals surface area contributed by atoms with Gasteiger partial charge in [0.1, 0.15) is 5.82 Å². The van der Waals surface area contributed by atoms with Gasteiger partial charge in [0.2, 0.25) is 6.10 Å². The second kappa shape index (κ2) is 5.69. The Kier molecular flexibility index (Phi) is 3.55. The van der Waals surface area contributed by atoms with Gasteiger partial charge in [-0.3, -0.25) is 10.00 Å². The summed E-state index contributed by atoms with van der Waals surface area (Å²) in [6, 6.07) is 3.49. The molecular weight excluding hydrogens is 375 g/mol. The van der Waals surface area contributed by atoms with Crippen molar-refractivity contribution in [3.05, 3.63) is 29.6 Å². The van der Waals surface area contributed by atoms with Crippen LogP contribution in [0.15, 0.2) is 18.3 Å². The van der Waals surface area contributed by atoms with Crippen molar-refractivity contribution in [1.29, 1.82) is 0 Å². The SMILES string of the molecule is Cc1cc(-c2ccnc3c2[C@H](C(F)(F)F)OC(=O)N3)nn1C1CC2(CNC2)C1. The Hall–Kier alpha value is -2.62. The highest BCUT2D eigenvalue weighted by Crippen LogP contribution is 2.51. The van der Waals surface area contributed by atoms with Crippen LogP contribution in [-0.4, -0.2) is 40.1 Å². The number of anilines is 1. The first kappa shape index (κ1) is 17.5. The minimum atomic E-state index is -4.75. The Morgan fingerprint density at radius 3 is 2.71 bits per heavy atom. The van der Waals surface area contributed by atoms with Crippen molar-refractivity contribution in [1.82, 2.24) is 20.1 Å². The number of alkyl halides is 3. The van der Waals surface area contributed by atoms with Crippen LogP contribution >= 0.6 is 0 Å². The molecule has 148 valence electrons. The van der Waals surface area contributed by atoms with Crippen molar-refractivity contribution in [3.63, 3.8) is 0 Å². The maximum absolute atomic E-state index is 13.5. The van der Waals surface area contributed by atoms with Crippen LogP contribution in [0.1, 0.15) is 36.2 Å². The number of ether oxygens (including phenoxy) is 1. The smallest absolute Gasteiger partial charge is 0.430 e. The number of aryl methyl sites for hydroxylation is 1. The van der Waals surface area contributed by atoms with Crippen molar-refractivity contribution in [2.24, 2.45) is 5.41 Å². The number of rotatable bonds is 2. The summed E-state index contributed by atoms with van der Waals surface area (Å²) < 4.78 is 47.0. The van der Waals surface area contributed by atoms with E-state index in [1.807, 2.05) is 11.6 Å². The number of pyridine rings is 1. The molecule has 1 saturated heterocycles. The molecule has 2 aromatic heterocycles. The fourth-order valence-electron chi connectivity index (χ4n) is 4.45. The van der Waals surface area contributed by atoms with Gasteiger partial charge in [0, 0.05) is 30.5 Å². The van der Waals surface area contributed by atoms with Gasteiger partial charge in [-0.25, -0.2) is 9.78 Å². The first-order chi connectivity index (χ1) is 13.3. The lowest BCUT2D eigenvalue weighted by Gasteiger charge is -2.54. The average molecular weight is 393 g/mol. The molecule has 0 radical (unpaired) electrons. The third-order valence-electron chi connectivity index (χ3n) is 5.88. The molecule has 5 rings (SSSR count). The minimum Gasteiger partial charge on any atom is -0.431 e. The predicted octanol–water partition coefficient (Wildman–Crippen LogP) is 3.34. The van der Waals surface area contributed by atoms with Gasteiger partial charge in [-0.05, 0) is 37.3 Å². The zero-order chi connectivity index (χ0) is 19.7. The number of halogens is 3. The van der Waals surface area contributed by atoms with E-state index < -0.39 is 18.4 Å². The number of nitrogens with one attached hydrogen (secondary N) is 2. The van der Waals surface area contributed by atoms with Crippen molar-refractivity contribution in [2.45, 2.75) is 38.1 Å². The van der Waals surface area contributed by atoms with E-state index in [1.165, 1.54) is 12.3 Å². The number of cyclic esters (lactones) is 1. The molecule has 4 heterocycles. The molecule has 10 heteroatoms. The largest absolute Gasteiger partial charge is 0.431 e. The zero-order valence-corrected chi connectivity index (χ0v) is 15.0. The molecule has 2 fully saturated rings. The average Bonchev–Trinajstić information content (AvgIpc) is 2.91. The number of hydrogen-bond acceptors (Lipinski definition) is 5. The first-order valence-electron chi connectivity index (χ1n) is 9.06. The lowest BCUT2D eigenvalue weighted by molar-refractivity contribution is -0.206. The standard InChI is InChI=1S/C18H18F3N5O2/c1-9-4-12(25-26(9)10-5-17(6-10)7-22-8-17)11-2-3-23-15-13(11)14(18(19,20)21)28-16(27)24-15/h2-4,10,14,22H,5-8H2,1H3,(H,23,24,27)/t14-/m1/s1. The van der Waals surface area contributed by atoms with Crippen LogP contribution in [0.2, 0.25) is 0 Å². The lowest BCUT2D eigenvalue weighted by atomic mass is 9.62. The number of amides is 1. The van der Waals surface area contributed by atoms with E-state index in [-0.39, 0.29) is 23.0 Å². The van der Waals surface area contributed by atoms with Crippen LogP contribution in [-0.2, 0) is 4.74 Å². The van der Waals surface area contributed by atoms with Crippen LogP contribution in [0.3, 0.4) is 0 Å². The number of nitrogens with zero attached hydrogens (tertiary/aromatic N) is 3. The van der Waals surface area contributed by atoms with Gasteiger partial charge in [0.25, 0.3) is 0 Å². The molecule has 2 aromatic rings. The van der Waals surface area contributed by atoms with E-state index in [0.29, 0.717) is 11.1 Å². The summed E-state index contributed by atoms with van der Waals surface area (Å²) in [6.45, 7) is 3.92. The van der Waals surface area contributed by atoms with E-state index in [0.717, 1.165) is 31.6 Å². The summed E-state index contributed by atoms with van der Waals surface area (Å²) in [5.74, 6) is -0.147. The number of fused-ring (bicyclic) bond motifs is 1. The topological polar surface area (TPSA) is 81.1 Å². The Bertz CT molecular complexity index is 959. The number of carbonyl (C=O) groups excluding carboxylic acids is 1. The fourth-order valence-corrected chi connectivity index (χ4v) is 4.45. The molecular formula is C18H18F3N5O2. The first-order valence-corrected chi connectivity index (χ1v) is 9.06. The minimum absolute atomic E-state index is 0.147. The summed E-state index contributed by atoms with van der Waals surface area (Å²) in [5, 5.41) is 10.1. The van der Waals surface area contributed by atoms with E-state index in [1.54, 1.807) is 6.07 Å². The van der Waals surface area contributed by atoms with Gasteiger partial charge < -0.3 is 10.1 Å². The van der Waals surface area contributed by atoms with Crippen molar-refractivity contribution in [2.75, 3.05) is 18.4 Å². The summed E-state index contributed by atoms with van der Waals surface area (Å²) in [6.07, 6.45) is -4.91. The van der Waals surface area contributed by atoms with Gasteiger partial charge in [-0.2, -0.15) is 18.3 Å². The van der Waals surface area contributed by atoms with Crippen LogP contribution in [0.25, 0.3) is 11.3 Å². The highest BCUT2D eigenvalue weighted by atomic mass is 19.4. The summed E-state index contributed by atoms with van der Waals surface area (Å²) >= 11 is 0. The van der Waals surface area contributed by atoms with Gasteiger partial charge in [0.05, 0.1) is 17.3 Å². The predicted molar refractivity (Wildman–Crippen MR) is 92.7 cm³/mol. The molecule has 0 aromatic carbocycles. The normalized spacial score (nSPS) is 23.4. The molecule has 0 unspecified atom stereocenters. The van der Waals surface area contributed by atoms with Crippen LogP contribution in [0, 0.1) is 12.3 Å². The summed E-state index contributed by atoms with van der Waals surface area (Å²) in [4.78, 5) is 15.4. The van der Waals surface area contributed by atoms with E-state index in [2.05, 4.69) is 25.5 Å². The zero-order valence-electron chi connectivity index (χ0n) is 15.0. The van der Waals surface area contributed by atoms with Gasteiger partial charge in [-0.1, -0.05) is 0 Å². The molecule has 1 atom stereocenters. The molecule has 3 aliphatic rings. The van der Waals surface area contributed by atoms with Crippen molar-refractivity contribution in [3.8, 4) is 11.3 Å². The summed E-state index contributed by atoms with van der Waals surface area (Å²) in [5.41, 5.74) is 1.70. The highest BCUT2D eigenvalue weighted by Gasteiger charge is 2.51. The number of aromatic nitrogens is 3. The molecule has 0 bridgehead atoms. The number of carbonyl (C=O) groups is 1. The lowest BCUT2D eigenvalue weighted by Crippen LogP contribution is -2.60. The molecule has 1 saturated carbocycles. The molecule has 28 heavy (non-hydrogen) atoms. The summed E-state index contributed by atoms with van der Waals surface area (Å²) in [7, 11) is 0. The Balaban J connectivity index is 1.53. The van der Waals surface area contributed by atoms with Crippen molar-refractivity contribution < 1.29 is 22.7 Å². The maximum atomic E-state index is 13.5. The molecule has 2 aliphatic heterocycles. The second-order valence-corrected chi connectivity index (χ2v) is 7.85. The molecule has 2 N–H and O–H groups in total. The highest BCUT2D eigenvalue weighted by molar-refractivity contribution is 5.89. The Morgan fingerprint density at radius 2 is 2.07 bits per heavy atom. The molecule has 1 amide bonds. The number of hydrogen-bond donors (Lipinski definition) is 2. The van der Waals surface area contributed by atoms with Gasteiger partial charge >= 0.3 is 12.3 Å². The fraction of sp³-hybridized carbons (Fsp3) is 0.500.